The Morgan fingerprint density at radius 2 is 1.86 bits per heavy atom. The molecule has 1 aliphatic carbocycles. The highest BCUT2D eigenvalue weighted by atomic mass is 16.5. The second-order valence-corrected chi connectivity index (χ2v) is 6.03. The van der Waals surface area contributed by atoms with Crippen molar-refractivity contribution in [2.24, 2.45) is 5.92 Å². The number of nitrogens with one attached hydrogen (secondary N) is 1. The van der Waals surface area contributed by atoms with E-state index in [0.29, 0.717) is 23.7 Å². The molecule has 0 bridgehead atoms. The minimum atomic E-state index is -0.0764. The summed E-state index contributed by atoms with van der Waals surface area (Å²) >= 11 is 0. The lowest BCUT2D eigenvalue weighted by Crippen LogP contribution is -2.43. The number of ketones is 1. The van der Waals surface area contributed by atoms with Gasteiger partial charge in [-0.2, -0.15) is 0 Å². The van der Waals surface area contributed by atoms with Gasteiger partial charge in [0.05, 0.1) is 0 Å². The first-order valence-electron chi connectivity index (χ1n) is 8.15. The molecule has 1 fully saturated rings. The summed E-state index contributed by atoms with van der Waals surface area (Å²) in [5.41, 5.74) is 0.676. The zero-order valence-corrected chi connectivity index (χ0v) is 13.4. The van der Waals surface area contributed by atoms with E-state index < -0.39 is 0 Å². The molecule has 4 heteroatoms. The van der Waals surface area contributed by atoms with Crippen LogP contribution in [0.4, 0.5) is 0 Å². The van der Waals surface area contributed by atoms with Crippen LogP contribution in [0.1, 0.15) is 56.3 Å². The molecule has 4 nitrogen and oxygen atoms in total. The molecule has 1 aliphatic rings. The van der Waals surface area contributed by atoms with E-state index in [0.717, 1.165) is 6.42 Å². The van der Waals surface area contributed by atoms with Gasteiger partial charge in [-0.3, -0.25) is 9.59 Å². The minimum Gasteiger partial charge on any atom is -0.484 e. The molecule has 0 radical (unpaired) electrons. The second-order valence-electron chi connectivity index (χ2n) is 6.03. The van der Waals surface area contributed by atoms with Crippen LogP contribution >= 0.6 is 0 Å². The van der Waals surface area contributed by atoms with Crippen LogP contribution in [0.25, 0.3) is 0 Å². The van der Waals surface area contributed by atoms with Crippen LogP contribution in [0.15, 0.2) is 24.3 Å². The van der Waals surface area contributed by atoms with Crippen LogP contribution in [0.2, 0.25) is 0 Å². The van der Waals surface area contributed by atoms with Gasteiger partial charge in [-0.25, -0.2) is 0 Å². The summed E-state index contributed by atoms with van der Waals surface area (Å²) in [7, 11) is 0. The summed E-state index contributed by atoms with van der Waals surface area (Å²) < 4.78 is 5.49. The van der Waals surface area contributed by atoms with E-state index in [1.54, 1.807) is 24.3 Å². The molecule has 22 heavy (non-hydrogen) atoms. The Balaban J connectivity index is 1.79. The van der Waals surface area contributed by atoms with Crippen molar-refractivity contribution in [3.63, 3.8) is 0 Å². The highest BCUT2D eigenvalue weighted by Crippen LogP contribution is 2.23. The number of rotatable bonds is 6. The first-order chi connectivity index (χ1) is 10.6. The molecular formula is C18H25NO3. The zero-order chi connectivity index (χ0) is 15.9. The van der Waals surface area contributed by atoms with E-state index in [-0.39, 0.29) is 24.3 Å². The molecule has 1 saturated carbocycles. The smallest absolute Gasteiger partial charge is 0.258 e. The van der Waals surface area contributed by atoms with Crippen LogP contribution in [0.5, 0.6) is 5.75 Å². The summed E-state index contributed by atoms with van der Waals surface area (Å²) in [4.78, 5) is 23.5. The van der Waals surface area contributed by atoms with Crippen LogP contribution in [-0.4, -0.2) is 24.3 Å². The van der Waals surface area contributed by atoms with Gasteiger partial charge < -0.3 is 10.1 Å². The zero-order valence-electron chi connectivity index (χ0n) is 13.4. The Bertz CT molecular complexity index is 510. The number of amides is 1. The summed E-state index contributed by atoms with van der Waals surface area (Å²) in [6.45, 7) is 4.04. The molecule has 1 aromatic carbocycles. The number of Topliss-reactive ketones (excluding diaryl/α,β-unsaturated/α-hetero) is 1. The fraction of sp³-hybridized carbons (Fsp3) is 0.556. The molecule has 2 rings (SSSR count). The van der Waals surface area contributed by atoms with E-state index in [4.69, 9.17) is 4.74 Å². The van der Waals surface area contributed by atoms with Gasteiger partial charge in [-0.15, -0.1) is 0 Å². The third kappa shape index (κ3) is 4.58. The molecular weight excluding hydrogens is 278 g/mol. The molecule has 0 saturated heterocycles. The van der Waals surface area contributed by atoms with Crippen molar-refractivity contribution in [1.29, 1.82) is 0 Å². The first-order valence-corrected chi connectivity index (χ1v) is 8.15. The molecule has 2 atom stereocenters. The first kappa shape index (κ1) is 16.5. The Labute approximate surface area is 132 Å². The molecule has 1 amide bonds. The molecule has 0 aliphatic heterocycles. The van der Waals surface area contributed by atoms with Crippen molar-refractivity contribution in [3.05, 3.63) is 29.8 Å². The molecule has 1 aromatic rings. The van der Waals surface area contributed by atoms with E-state index in [2.05, 4.69) is 12.2 Å². The molecule has 120 valence electrons. The maximum atomic E-state index is 12.0. The molecule has 0 spiro atoms. The van der Waals surface area contributed by atoms with E-state index in [9.17, 15) is 9.59 Å². The van der Waals surface area contributed by atoms with E-state index in [1.165, 1.54) is 19.3 Å². The van der Waals surface area contributed by atoms with Gasteiger partial charge in [0.2, 0.25) is 0 Å². The Morgan fingerprint density at radius 3 is 2.50 bits per heavy atom. The van der Waals surface area contributed by atoms with E-state index >= 15 is 0 Å². The summed E-state index contributed by atoms with van der Waals surface area (Å²) in [5, 5.41) is 3.06. The van der Waals surface area contributed by atoms with Gasteiger partial charge in [0.25, 0.3) is 5.91 Å². The summed E-state index contributed by atoms with van der Waals surface area (Å²) in [6, 6.07) is 7.22. The molecule has 0 aromatic heterocycles. The lowest BCUT2D eigenvalue weighted by molar-refractivity contribution is -0.124. The van der Waals surface area contributed by atoms with Crippen molar-refractivity contribution in [2.75, 3.05) is 6.61 Å². The van der Waals surface area contributed by atoms with Crippen LogP contribution in [0.3, 0.4) is 0 Å². The van der Waals surface area contributed by atoms with Gasteiger partial charge in [0.15, 0.2) is 12.4 Å². The maximum absolute atomic E-state index is 12.0. The van der Waals surface area contributed by atoms with Crippen LogP contribution < -0.4 is 10.1 Å². The molecule has 0 unspecified atom stereocenters. The van der Waals surface area contributed by atoms with Crippen LogP contribution in [-0.2, 0) is 4.79 Å². The number of hydrogen-bond donors (Lipinski definition) is 1. The predicted octanol–water partition coefficient (Wildman–Crippen LogP) is 3.35. The third-order valence-corrected chi connectivity index (χ3v) is 4.33. The third-order valence-electron chi connectivity index (χ3n) is 4.33. The van der Waals surface area contributed by atoms with Crippen molar-refractivity contribution < 1.29 is 14.3 Å². The standard InChI is InChI=1S/C18H25NO3/c1-3-17(20)14-8-10-15(11-9-14)22-12-18(21)19-16-7-5-4-6-13(16)2/h8-11,13,16H,3-7,12H2,1-2H3,(H,19,21)/t13-,16+/m1/s1. The highest BCUT2D eigenvalue weighted by molar-refractivity contribution is 5.95. The maximum Gasteiger partial charge on any atom is 0.258 e. The van der Waals surface area contributed by atoms with Gasteiger partial charge in [-0.1, -0.05) is 26.7 Å². The lowest BCUT2D eigenvalue weighted by Gasteiger charge is -2.29. The van der Waals surface area contributed by atoms with Crippen LogP contribution in [0, 0.1) is 5.92 Å². The molecule has 1 N–H and O–H groups in total. The largest absolute Gasteiger partial charge is 0.484 e. The Morgan fingerprint density at radius 1 is 1.18 bits per heavy atom. The topological polar surface area (TPSA) is 55.4 Å². The monoisotopic (exact) mass is 303 g/mol. The number of ether oxygens (including phenoxy) is 1. The van der Waals surface area contributed by atoms with E-state index in [1.807, 2.05) is 6.92 Å². The van der Waals surface area contributed by atoms with Gasteiger partial charge in [0.1, 0.15) is 5.75 Å². The fourth-order valence-corrected chi connectivity index (χ4v) is 2.87. The Hall–Kier alpha value is -1.84. The predicted molar refractivity (Wildman–Crippen MR) is 86.1 cm³/mol. The lowest BCUT2D eigenvalue weighted by atomic mass is 9.86. The van der Waals surface area contributed by atoms with Gasteiger partial charge in [-0.05, 0) is 43.0 Å². The average Bonchev–Trinajstić information content (AvgIpc) is 2.55. The number of benzene rings is 1. The van der Waals surface area contributed by atoms with Gasteiger partial charge in [0, 0.05) is 18.0 Å². The number of carbonyl (C=O) groups is 2. The summed E-state index contributed by atoms with van der Waals surface area (Å²) in [6.07, 6.45) is 5.16. The van der Waals surface area contributed by atoms with Crippen molar-refractivity contribution >= 4 is 11.7 Å². The van der Waals surface area contributed by atoms with Crippen molar-refractivity contribution in [2.45, 2.75) is 52.0 Å². The Kier molecular flexibility index (Phi) is 5.99. The van der Waals surface area contributed by atoms with Crippen molar-refractivity contribution in [3.8, 4) is 5.75 Å². The van der Waals surface area contributed by atoms with Crippen molar-refractivity contribution in [1.82, 2.24) is 5.32 Å². The fourth-order valence-electron chi connectivity index (χ4n) is 2.87. The number of carbonyl (C=O) groups excluding carboxylic acids is 2. The highest BCUT2D eigenvalue weighted by Gasteiger charge is 2.22. The SMILES string of the molecule is CCC(=O)c1ccc(OCC(=O)N[C@H]2CCCC[C@H]2C)cc1. The minimum absolute atomic E-state index is 0.0181. The summed E-state index contributed by atoms with van der Waals surface area (Å²) in [5.74, 6) is 1.18. The second kappa shape index (κ2) is 7.97. The molecule has 0 heterocycles. The number of hydrogen-bond acceptors (Lipinski definition) is 3. The normalized spacial score (nSPS) is 21.2. The average molecular weight is 303 g/mol. The van der Waals surface area contributed by atoms with Gasteiger partial charge >= 0.3 is 0 Å². The quantitative estimate of drug-likeness (QED) is 0.820.